The van der Waals surface area contributed by atoms with Gasteiger partial charge in [0.15, 0.2) is 8.32 Å². The fourth-order valence-electron chi connectivity index (χ4n) is 2.26. The zero-order valence-corrected chi connectivity index (χ0v) is 15.0. The summed E-state index contributed by atoms with van der Waals surface area (Å²) in [7, 11) is -2.10. The maximum Gasteiger partial charge on any atom is 0.353 e. The van der Waals surface area contributed by atoms with Crippen molar-refractivity contribution in [2.24, 2.45) is 5.41 Å². The smallest absolute Gasteiger partial charge is 0.353 e. The Hall–Kier alpha value is -0.863. The summed E-state index contributed by atoms with van der Waals surface area (Å²) in [5.41, 5.74) is -2.15. The molecule has 0 spiro atoms. The average Bonchev–Trinajstić information content (AvgIpc) is 2.40. The molecule has 0 aromatic heterocycles. The third-order valence-corrected chi connectivity index (χ3v) is 8.68. The van der Waals surface area contributed by atoms with Gasteiger partial charge in [0.25, 0.3) is 0 Å². The quantitative estimate of drug-likeness (QED) is 0.529. The topological polar surface area (TPSA) is 59.3 Å². The normalized spacial score (nSPS) is 15.3. The third kappa shape index (κ3) is 3.61. The number of carbonyl (C=O) groups excluding carboxylic acids is 1. The molecule has 1 unspecified atom stereocenters. The lowest BCUT2D eigenvalue weighted by Crippen LogP contribution is -2.58. The molecule has 4 nitrogen and oxygen atoms in total. The molecule has 0 radical (unpaired) electrons. The molecule has 0 fully saturated rings. The lowest BCUT2D eigenvalue weighted by molar-refractivity contribution is -0.166. The van der Waals surface area contributed by atoms with Gasteiger partial charge >= 0.3 is 5.97 Å². The van der Waals surface area contributed by atoms with Crippen molar-refractivity contribution < 1.29 is 14.0 Å². The number of esters is 1. The van der Waals surface area contributed by atoms with E-state index in [0.717, 1.165) is 18.1 Å². The van der Waals surface area contributed by atoms with Gasteiger partial charge in [-0.15, -0.1) is 0 Å². The van der Waals surface area contributed by atoms with Crippen molar-refractivity contribution in [1.29, 1.82) is 5.26 Å². The molecule has 0 rings (SSSR count). The molecule has 0 aliphatic heterocycles. The minimum absolute atomic E-state index is 0.251. The highest BCUT2D eigenvalue weighted by Crippen LogP contribution is 2.39. The van der Waals surface area contributed by atoms with E-state index in [1.807, 2.05) is 20.8 Å². The van der Waals surface area contributed by atoms with Gasteiger partial charge in [0.2, 0.25) is 5.60 Å². The first-order valence-electron chi connectivity index (χ1n) is 7.47. The summed E-state index contributed by atoms with van der Waals surface area (Å²) in [5, 5.41) is 9.71. The van der Waals surface area contributed by atoms with Crippen LogP contribution in [0, 0.1) is 16.7 Å². The Kier molecular flexibility index (Phi) is 6.92. The lowest BCUT2D eigenvalue weighted by Gasteiger charge is -2.43. The average molecular weight is 299 g/mol. The molecule has 0 aromatic rings. The van der Waals surface area contributed by atoms with Crippen molar-refractivity contribution >= 4 is 14.3 Å². The zero-order valence-electron chi connectivity index (χ0n) is 14.0. The van der Waals surface area contributed by atoms with E-state index in [1.165, 1.54) is 0 Å². The molecule has 1 atom stereocenters. The van der Waals surface area contributed by atoms with Crippen LogP contribution in [0.25, 0.3) is 0 Å². The Labute approximate surface area is 124 Å². The molecule has 116 valence electrons. The van der Waals surface area contributed by atoms with E-state index in [9.17, 15) is 10.1 Å². The van der Waals surface area contributed by atoms with Crippen LogP contribution < -0.4 is 0 Å². The summed E-state index contributed by atoms with van der Waals surface area (Å²) in [4.78, 5) is 12.4. The van der Waals surface area contributed by atoms with Crippen molar-refractivity contribution in [1.82, 2.24) is 0 Å². The van der Waals surface area contributed by atoms with Crippen molar-refractivity contribution in [3.8, 4) is 6.07 Å². The van der Waals surface area contributed by atoms with Crippen LogP contribution in [0.5, 0.6) is 0 Å². The van der Waals surface area contributed by atoms with Crippen LogP contribution in [-0.2, 0) is 14.0 Å². The molecule has 0 aliphatic rings. The molecule has 0 bridgehead atoms. The third-order valence-electron chi connectivity index (χ3n) is 4.08. The van der Waals surface area contributed by atoms with E-state index in [0.29, 0.717) is 0 Å². The largest absolute Gasteiger partial charge is 0.463 e. The van der Waals surface area contributed by atoms with Crippen molar-refractivity contribution in [3.63, 3.8) is 0 Å². The summed E-state index contributed by atoms with van der Waals surface area (Å²) in [6, 6.07) is 4.80. The number of rotatable bonds is 7. The summed E-state index contributed by atoms with van der Waals surface area (Å²) in [6.07, 6.45) is 0. The van der Waals surface area contributed by atoms with Gasteiger partial charge in [-0.05, 0) is 25.1 Å². The fraction of sp³-hybridized carbons (Fsp3) is 0.867. The molecule has 0 aliphatic carbocycles. The highest BCUT2D eigenvalue weighted by atomic mass is 28.4. The van der Waals surface area contributed by atoms with E-state index in [4.69, 9.17) is 9.16 Å². The van der Waals surface area contributed by atoms with Gasteiger partial charge in [-0.2, -0.15) is 5.26 Å². The van der Waals surface area contributed by atoms with Crippen molar-refractivity contribution in [2.45, 2.75) is 72.2 Å². The SMILES string of the molecule is CCOC(=O)C(C#N)(O[Si](CC)(CC)CC)C(C)(C)C. The molecule has 0 saturated heterocycles. The summed E-state index contributed by atoms with van der Waals surface area (Å²) >= 11 is 0. The van der Waals surface area contributed by atoms with Gasteiger partial charge < -0.3 is 9.16 Å². The van der Waals surface area contributed by atoms with E-state index < -0.39 is 25.3 Å². The van der Waals surface area contributed by atoms with Gasteiger partial charge in [-0.3, -0.25) is 0 Å². The van der Waals surface area contributed by atoms with E-state index >= 15 is 0 Å². The standard InChI is InChI=1S/C15H29NO3Si/c1-8-18-13(17)15(12-16,14(5,6)7)19-20(9-2,10-3)11-4/h8-11H2,1-7H3. The molecule has 0 heterocycles. The Morgan fingerprint density at radius 3 is 1.80 bits per heavy atom. The first-order chi connectivity index (χ1) is 9.18. The molecular formula is C15H29NO3Si. The van der Waals surface area contributed by atoms with Crippen molar-refractivity contribution in [2.75, 3.05) is 6.61 Å². The summed E-state index contributed by atoms with van der Waals surface area (Å²) in [6.45, 7) is 13.8. The molecule has 20 heavy (non-hydrogen) atoms. The monoisotopic (exact) mass is 299 g/mol. The highest BCUT2D eigenvalue weighted by Gasteiger charge is 2.55. The van der Waals surface area contributed by atoms with Gasteiger partial charge in [0.05, 0.1) is 6.61 Å². The van der Waals surface area contributed by atoms with Crippen molar-refractivity contribution in [3.05, 3.63) is 0 Å². The van der Waals surface area contributed by atoms with Crippen LogP contribution in [0.15, 0.2) is 0 Å². The Morgan fingerprint density at radius 1 is 1.10 bits per heavy atom. The van der Waals surface area contributed by atoms with Gasteiger partial charge in [0, 0.05) is 5.41 Å². The predicted octanol–water partition coefficient (Wildman–Crippen LogP) is 3.88. The second-order valence-electron chi connectivity index (χ2n) is 6.11. The number of carbonyl (C=O) groups is 1. The first kappa shape index (κ1) is 19.1. The van der Waals surface area contributed by atoms with Crippen LogP contribution in [0.4, 0.5) is 0 Å². The molecule has 0 N–H and O–H groups in total. The minimum Gasteiger partial charge on any atom is -0.463 e. The first-order valence-corrected chi connectivity index (χ1v) is 10.00. The summed E-state index contributed by atoms with van der Waals surface area (Å²) < 4.78 is 11.4. The second kappa shape index (κ2) is 7.23. The maximum absolute atomic E-state index is 12.4. The Morgan fingerprint density at radius 2 is 1.55 bits per heavy atom. The Bertz CT molecular complexity index is 358. The number of hydrogen-bond acceptors (Lipinski definition) is 4. The van der Waals surface area contributed by atoms with E-state index in [2.05, 4.69) is 26.8 Å². The fourth-order valence-corrected chi connectivity index (χ4v) is 5.28. The van der Waals surface area contributed by atoms with Gasteiger partial charge in [0.1, 0.15) is 6.07 Å². The van der Waals surface area contributed by atoms with Crippen LogP contribution >= 0.6 is 0 Å². The molecule has 0 aromatic carbocycles. The predicted molar refractivity (Wildman–Crippen MR) is 82.7 cm³/mol. The van der Waals surface area contributed by atoms with Crippen LogP contribution in [0.3, 0.4) is 0 Å². The lowest BCUT2D eigenvalue weighted by atomic mass is 9.77. The highest BCUT2D eigenvalue weighted by molar-refractivity contribution is 6.73. The van der Waals surface area contributed by atoms with E-state index in [-0.39, 0.29) is 6.61 Å². The molecule has 0 amide bonds. The maximum atomic E-state index is 12.4. The number of nitrogens with zero attached hydrogens (tertiary/aromatic N) is 1. The minimum atomic E-state index is -2.10. The Balaban J connectivity index is 5.78. The zero-order chi connectivity index (χ0) is 16.0. The number of hydrogen-bond donors (Lipinski definition) is 0. The number of nitriles is 1. The molecule has 0 saturated carbocycles. The van der Waals surface area contributed by atoms with Crippen LogP contribution in [-0.4, -0.2) is 26.5 Å². The number of ether oxygens (including phenoxy) is 1. The van der Waals surface area contributed by atoms with E-state index in [1.54, 1.807) is 6.92 Å². The molecule has 5 heteroatoms. The van der Waals surface area contributed by atoms with Gasteiger partial charge in [-0.25, -0.2) is 4.79 Å². The summed E-state index contributed by atoms with van der Waals surface area (Å²) in [5.74, 6) is -0.553. The van der Waals surface area contributed by atoms with Gasteiger partial charge in [-0.1, -0.05) is 41.5 Å². The van der Waals surface area contributed by atoms with Crippen LogP contribution in [0.1, 0.15) is 48.5 Å². The van der Waals surface area contributed by atoms with Crippen LogP contribution in [0.2, 0.25) is 18.1 Å². The second-order valence-corrected chi connectivity index (χ2v) is 10.8. The molecular weight excluding hydrogens is 270 g/mol.